The van der Waals surface area contributed by atoms with Crippen LogP contribution in [-0.2, 0) is 4.74 Å². The van der Waals surface area contributed by atoms with Crippen LogP contribution in [0.3, 0.4) is 0 Å². The predicted molar refractivity (Wildman–Crippen MR) is 63.6 cm³/mol. The highest BCUT2D eigenvalue weighted by atomic mass is 16.5. The molecule has 0 radical (unpaired) electrons. The molecule has 1 fully saturated rings. The van der Waals surface area contributed by atoms with E-state index in [1.54, 1.807) is 7.05 Å². The molecule has 0 aliphatic carbocycles. The molecule has 2 heterocycles. The van der Waals surface area contributed by atoms with Crippen molar-refractivity contribution in [2.75, 3.05) is 50.2 Å². The van der Waals surface area contributed by atoms with Crippen LogP contribution in [-0.4, -0.2) is 54.9 Å². The number of ether oxygens (including phenoxy) is 2. The molecule has 1 aliphatic heterocycles. The number of nitrogens with one attached hydrogen (secondary N) is 1. The lowest BCUT2D eigenvalue weighted by molar-refractivity contribution is 0.122. The Bertz CT molecular complexity index is 368. The van der Waals surface area contributed by atoms with Gasteiger partial charge in [-0.3, -0.25) is 0 Å². The van der Waals surface area contributed by atoms with Gasteiger partial charge in [0.1, 0.15) is 0 Å². The van der Waals surface area contributed by atoms with Gasteiger partial charge < -0.3 is 19.7 Å². The maximum atomic E-state index is 5.32. The molecular weight excluding hydrogens is 222 g/mol. The molecule has 7 nitrogen and oxygen atoms in total. The largest absolute Gasteiger partial charge is 0.464 e. The summed E-state index contributed by atoms with van der Waals surface area (Å²) in [7, 11) is 1.77. The number of rotatable bonds is 4. The summed E-state index contributed by atoms with van der Waals surface area (Å²) in [6, 6.07) is 0.355. The number of nitrogens with zero attached hydrogens (tertiary/aromatic N) is 4. The van der Waals surface area contributed by atoms with E-state index in [1.807, 2.05) is 6.92 Å². The van der Waals surface area contributed by atoms with Gasteiger partial charge in [-0.1, -0.05) is 0 Å². The first kappa shape index (κ1) is 11.8. The van der Waals surface area contributed by atoms with E-state index < -0.39 is 0 Å². The molecule has 1 N–H and O–H groups in total. The van der Waals surface area contributed by atoms with Crippen molar-refractivity contribution in [1.29, 1.82) is 0 Å². The molecule has 0 aromatic carbocycles. The standard InChI is InChI=1S/C10H17N5O2/c1-3-17-10-13-8(11-2)12-9(14-10)15-4-6-16-7-5-15/h3-7H2,1-2H3,(H,11,12,13,14). The predicted octanol–water partition coefficient (Wildman–Crippen LogP) is 0.149. The number of aromatic nitrogens is 3. The summed E-state index contributed by atoms with van der Waals surface area (Å²) < 4.78 is 10.6. The smallest absolute Gasteiger partial charge is 0.323 e. The molecule has 1 saturated heterocycles. The third-order valence-corrected chi connectivity index (χ3v) is 2.39. The van der Waals surface area contributed by atoms with Crippen LogP contribution in [0.2, 0.25) is 0 Å². The van der Waals surface area contributed by atoms with Crippen molar-refractivity contribution >= 4 is 11.9 Å². The summed E-state index contributed by atoms with van der Waals surface area (Å²) in [6.45, 7) is 5.42. The van der Waals surface area contributed by atoms with Crippen LogP contribution in [0.4, 0.5) is 11.9 Å². The number of hydrogen-bond acceptors (Lipinski definition) is 7. The Balaban J connectivity index is 2.21. The summed E-state index contributed by atoms with van der Waals surface area (Å²) in [5.74, 6) is 1.15. The molecule has 1 aromatic heterocycles. The van der Waals surface area contributed by atoms with Gasteiger partial charge in [-0.15, -0.1) is 0 Å². The monoisotopic (exact) mass is 239 g/mol. The molecule has 7 heteroatoms. The summed E-state index contributed by atoms with van der Waals surface area (Å²) in [6.07, 6.45) is 0. The van der Waals surface area contributed by atoms with E-state index >= 15 is 0 Å². The lowest BCUT2D eigenvalue weighted by atomic mass is 10.4. The maximum absolute atomic E-state index is 5.32. The molecule has 1 aromatic rings. The fraction of sp³-hybridized carbons (Fsp3) is 0.700. The minimum Gasteiger partial charge on any atom is -0.464 e. The van der Waals surface area contributed by atoms with Gasteiger partial charge in [-0.05, 0) is 6.92 Å². The van der Waals surface area contributed by atoms with Crippen molar-refractivity contribution in [3.8, 4) is 6.01 Å². The Kier molecular flexibility index (Phi) is 3.92. The molecule has 2 rings (SSSR count). The minimum absolute atomic E-state index is 0.355. The quantitative estimate of drug-likeness (QED) is 0.801. The third kappa shape index (κ3) is 2.94. The van der Waals surface area contributed by atoms with Gasteiger partial charge in [0.25, 0.3) is 0 Å². The Morgan fingerprint density at radius 2 is 2.06 bits per heavy atom. The molecule has 17 heavy (non-hydrogen) atoms. The van der Waals surface area contributed by atoms with Gasteiger partial charge in [-0.25, -0.2) is 0 Å². The van der Waals surface area contributed by atoms with Crippen molar-refractivity contribution in [3.05, 3.63) is 0 Å². The van der Waals surface area contributed by atoms with Crippen molar-refractivity contribution < 1.29 is 9.47 Å². The fourth-order valence-corrected chi connectivity index (χ4v) is 1.56. The Morgan fingerprint density at radius 3 is 2.71 bits per heavy atom. The molecule has 0 saturated carbocycles. The molecule has 0 atom stereocenters. The van der Waals surface area contributed by atoms with E-state index in [1.165, 1.54) is 0 Å². The molecule has 0 spiro atoms. The highest BCUT2D eigenvalue weighted by molar-refractivity contribution is 5.38. The molecule has 1 aliphatic rings. The van der Waals surface area contributed by atoms with E-state index in [2.05, 4.69) is 25.2 Å². The zero-order valence-electron chi connectivity index (χ0n) is 10.1. The van der Waals surface area contributed by atoms with Gasteiger partial charge in [0.15, 0.2) is 0 Å². The van der Waals surface area contributed by atoms with Gasteiger partial charge in [-0.2, -0.15) is 15.0 Å². The number of anilines is 2. The first-order valence-corrected chi connectivity index (χ1v) is 5.72. The number of morpholine rings is 1. The van der Waals surface area contributed by atoms with Crippen molar-refractivity contribution in [3.63, 3.8) is 0 Å². The Morgan fingerprint density at radius 1 is 1.29 bits per heavy atom. The molecule has 94 valence electrons. The lowest BCUT2D eigenvalue weighted by Crippen LogP contribution is -2.37. The summed E-state index contributed by atoms with van der Waals surface area (Å²) in [5.41, 5.74) is 0. The average molecular weight is 239 g/mol. The van der Waals surface area contributed by atoms with Crippen molar-refractivity contribution in [2.45, 2.75) is 6.92 Å². The highest BCUT2D eigenvalue weighted by Gasteiger charge is 2.16. The average Bonchev–Trinajstić information content (AvgIpc) is 2.40. The fourth-order valence-electron chi connectivity index (χ4n) is 1.56. The third-order valence-electron chi connectivity index (χ3n) is 2.39. The second-order valence-electron chi connectivity index (χ2n) is 3.52. The molecule has 0 unspecified atom stereocenters. The van der Waals surface area contributed by atoms with E-state index in [9.17, 15) is 0 Å². The Labute approximate surface area is 100 Å². The van der Waals surface area contributed by atoms with Gasteiger partial charge in [0.05, 0.1) is 19.8 Å². The summed E-state index contributed by atoms with van der Waals surface area (Å²) in [5, 5.41) is 2.91. The topological polar surface area (TPSA) is 72.4 Å². The van der Waals surface area contributed by atoms with Crippen LogP contribution in [0.1, 0.15) is 6.92 Å². The van der Waals surface area contributed by atoms with Crippen LogP contribution < -0.4 is 15.0 Å². The normalized spacial score (nSPS) is 15.8. The molecule has 0 bridgehead atoms. The SMILES string of the molecule is CCOc1nc(NC)nc(N2CCOCC2)n1. The van der Waals surface area contributed by atoms with E-state index in [-0.39, 0.29) is 0 Å². The second kappa shape index (κ2) is 5.62. The highest BCUT2D eigenvalue weighted by Crippen LogP contribution is 2.15. The zero-order chi connectivity index (χ0) is 12.1. The van der Waals surface area contributed by atoms with Crippen LogP contribution in [0.25, 0.3) is 0 Å². The van der Waals surface area contributed by atoms with Gasteiger partial charge in [0.2, 0.25) is 11.9 Å². The maximum Gasteiger partial charge on any atom is 0.323 e. The van der Waals surface area contributed by atoms with Crippen LogP contribution in [0, 0.1) is 0 Å². The van der Waals surface area contributed by atoms with Crippen molar-refractivity contribution in [2.24, 2.45) is 0 Å². The second-order valence-corrected chi connectivity index (χ2v) is 3.52. The van der Waals surface area contributed by atoms with Gasteiger partial charge >= 0.3 is 6.01 Å². The molecular formula is C10H17N5O2. The zero-order valence-corrected chi connectivity index (χ0v) is 10.1. The van der Waals surface area contributed by atoms with E-state index in [0.717, 1.165) is 13.1 Å². The van der Waals surface area contributed by atoms with Crippen LogP contribution >= 0.6 is 0 Å². The summed E-state index contributed by atoms with van der Waals surface area (Å²) >= 11 is 0. The Hall–Kier alpha value is -1.63. The lowest BCUT2D eigenvalue weighted by Gasteiger charge is -2.26. The first-order chi connectivity index (χ1) is 8.33. The van der Waals surface area contributed by atoms with Gasteiger partial charge in [0, 0.05) is 20.1 Å². The van der Waals surface area contributed by atoms with Crippen LogP contribution in [0.5, 0.6) is 6.01 Å². The van der Waals surface area contributed by atoms with Crippen molar-refractivity contribution in [1.82, 2.24) is 15.0 Å². The van der Waals surface area contributed by atoms with E-state index in [0.29, 0.717) is 37.7 Å². The minimum atomic E-state index is 0.355. The number of hydrogen-bond donors (Lipinski definition) is 1. The van der Waals surface area contributed by atoms with E-state index in [4.69, 9.17) is 9.47 Å². The first-order valence-electron chi connectivity index (χ1n) is 5.72. The van der Waals surface area contributed by atoms with Crippen LogP contribution in [0.15, 0.2) is 0 Å². The molecule has 0 amide bonds. The summed E-state index contributed by atoms with van der Waals surface area (Å²) in [4.78, 5) is 14.8.